The van der Waals surface area contributed by atoms with Crippen molar-refractivity contribution in [3.63, 3.8) is 0 Å². The summed E-state index contributed by atoms with van der Waals surface area (Å²) in [6.07, 6.45) is 0.368. The van der Waals surface area contributed by atoms with E-state index in [0.29, 0.717) is 59.4 Å². The van der Waals surface area contributed by atoms with Crippen LogP contribution in [0, 0.1) is 5.92 Å². The summed E-state index contributed by atoms with van der Waals surface area (Å²) in [5.74, 6) is -1.11. The fraction of sp³-hybridized carbons (Fsp3) is 0.414. The first-order valence-corrected chi connectivity index (χ1v) is 13.8. The van der Waals surface area contributed by atoms with Gasteiger partial charge in [-0.2, -0.15) is 18.3 Å². The second kappa shape index (κ2) is 11.8. The third-order valence-corrected chi connectivity index (χ3v) is 8.17. The van der Waals surface area contributed by atoms with Gasteiger partial charge in [-0.05, 0) is 55.4 Å². The van der Waals surface area contributed by atoms with E-state index in [2.05, 4.69) is 10.4 Å². The minimum Gasteiger partial charge on any atom is -0.481 e. The molecular formula is C29H30ClF3N4O4. The number of carboxylic acid groups (broad SMARTS) is 1. The van der Waals surface area contributed by atoms with Crippen molar-refractivity contribution in [2.75, 3.05) is 13.1 Å². The summed E-state index contributed by atoms with van der Waals surface area (Å²) < 4.78 is 40.4. The van der Waals surface area contributed by atoms with E-state index in [1.54, 1.807) is 27.9 Å². The fourth-order valence-electron chi connectivity index (χ4n) is 5.48. The van der Waals surface area contributed by atoms with Crippen LogP contribution < -0.4 is 5.32 Å². The molecule has 2 aliphatic rings. The van der Waals surface area contributed by atoms with E-state index in [-0.39, 0.29) is 24.8 Å². The molecule has 12 heteroatoms. The van der Waals surface area contributed by atoms with Gasteiger partial charge in [-0.25, -0.2) is 0 Å². The summed E-state index contributed by atoms with van der Waals surface area (Å²) in [5.41, 5.74) is 1.66. The molecule has 3 aromatic rings. The average molecular weight is 591 g/mol. The van der Waals surface area contributed by atoms with Crippen molar-refractivity contribution >= 4 is 34.4 Å². The van der Waals surface area contributed by atoms with Crippen LogP contribution in [0.2, 0.25) is 5.02 Å². The molecule has 2 aromatic carbocycles. The number of carbonyl (C=O) groups excluding carboxylic acids is 1. The molecule has 3 N–H and O–H groups in total. The van der Waals surface area contributed by atoms with E-state index in [0.717, 1.165) is 24.1 Å². The molecule has 0 bridgehead atoms. The maximum absolute atomic E-state index is 13.4. The minimum atomic E-state index is -4.43. The van der Waals surface area contributed by atoms with E-state index in [4.69, 9.17) is 16.7 Å². The first-order valence-electron chi connectivity index (χ1n) is 13.4. The Morgan fingerprint density at radius 3 is 2.46 bits per heavy atom. The second-order valence-corrected chi connectivity index (χ2v) is 11.0. The molecule has 1 fully saturated rings. The molecule has 1 aromatic heterocycles. The zero-order valence-corrected chi connectivity index (χ0v) is 22.8. The van der Waals surface area contributed by atoms with Crippen molar-refractivity contribution < 1.29 is 33.0 Å². The highest BCUT2D eigenvalue weighted by atomic mass is 35.5. The first kappa shape index (κ1) is 29.1. The molecule has 1 amide bonds. The van der Waals surface area contributed by atoms with Crippen LogP contribution >= 0.6 is 11.6 Å². The number of allylic oxidation sites excluding steroid dienone is 1. The summed E-state index contributed by atoms with van der Waals surface area (Å²) in [7, 11) is 0. The molecule has 0 radical (unpaired) electrons. The van der Waals surface area contributed by atoms with E-state index >= 15 is 0 Å². The largest absolute Gasteiger partial charge is 0.481 e. The smallest absolute Gasteiger partial charge is 0.416 e. The number of aromatic nitrogens is 2. The fourth-order valence-corrected chi connectivity index (χ4v) is 5.74. The highest BCUT2D eigenvalue weighted by Gasteiger charge is 2.36. The maximum atomic E-state index is 13.4. The molecule has 0 saturated carbocycles. The monoisotopic (exact) mass is 590 g/mol. The zero-order valence-electron chi connectivity index (χ0n) is 22.1. The lowest BCUT2D eigenvalue weighted by Crippen LogP contribution is -2.55. The van der Waals surface area contributed by atoms with Crippen molar-refractivity contribution in [1.82, 2.24) is 20.0 Å². The SMILES string of the molecule is O=C(O)CC1=CCC([C@@H](NC(O)c2ccc(Cl)c3c2cnn3Cc2ccc(C(F)(F)F)cc2)C(=O)N2CCC2)CC1. The summed E-state index contributed by atoms with van der Waals surface area (Å²) in [5, 5.41) is 28.9. The van der Waals surface area contributed by atoms with Crippen molar-refractivity contribution in [3.05, 3.63) is 76.0 Å². The van der Waals surface area contributed by atoms with Crippen molar-refractivity contribution in [2.24, 2.45) is 5.92 Å². The predicted octanol–water partition coefficient (Wildman–Crippen LogP) is 5.14. The molecule has 2 heterocycles. The van der Waals surface area contributed by atoms with Gasteiger partial charge in [0.1, 0.15) is 6.23 Å². The number of hydrogen-bond acceptors (Lipinski definition) is 5. The number of amides is 1. The third kappa shape index (κ3) is 6.42. The van der Waals surface area contributed by atoms with Gasteiger partial charge in [0.25, 0.3) is 0 Å². The van der Waals surface area contributed by atoms with E-state index in [1.165, 1.54) is 12.1 Å². The van der Waals surface area contributed by atoms with Gasteiger partial charge in [-0.3, -0.25) is 19.6 Å². The number of carbonyl (C=O) groups is 2. The molecule has 5 rings (SSSR count). The Balaban J connectivity index is 1.38. The number of aliphatic hydroxyl groups is 1. The van der Waals surface area contributed by atoms with E-state index < -0.39 is 30.0 Å². The zero-order chi connectivity index (χ0) is 29.3. The van der Waals surface area contributed by atoms with Gasteiger partial charge < -0.3 is 15.1 Å². The van der Waals surface area contributed by atoms with Gasteiger partial charge in [0.05, 0.1) is 41.3 Å². The molecule has 3 atom stereocenters. The molecule has 2 unspecified atom stereocenters. The quantitative estimate of drug-likeness (QED) is 0.235. The van der Waals surface area contributed by atoms with Crippen LogP contribution in [0.5, 0.6) is 0 Å². The summed E-state index contributed by atoms with van der Waals surface area (Å²) in [6, 6.07) is 7.39. The number of halogens is 4. The molecular weight excluding hydrogens is 561 g/mol. The molecule has 41 heavy (non-hydrogen) atoms. The highest BCUT2D eigenvalue weighted by Crippen LogP contribution is 2.34. The van der Waals surface area contributed by atoms with Gasteiger partial charge in [0, 0.05) is 24.0 Å². The highest BCUT2D eigenvalue weighted by molar-refractivity contribution is 6.35. The van der Waals surface area contributed by atoms with Crippen LogP contribution in [-0.2, 0) is 22.3 Å². The summed E-state index contributed by atoms with van der Waals surface area (Å²) >= 11 is 6.51. The van der Waals surface area contributed by atoms with Crippen molar-refractivity contribution in [1.29, 1.82) is 0 Å². The van der Waals surface area contributed by atoms with Gasteiger partial charge in [0.2, 0.25) is 5.91 Å². The third-order valence-electron chi connectivity index (χ3n) is 7.86. The summed E-state index contributed by atoms with van der Waals surface area (Å²) in [4.78, 5) is 26.3. The molecule has 1 saturated heterocycles. The van der Waals surface area contributed by atoms with Gasteiger partial charge in [-0.15, -0.1) is 0 Å². The molecule has 1 aliphatic heterocycles. The van der Waals surface area contributed by atoms with Gasteiger partial charge in [0.15, 0.2) is 0 Å². The Labute approximate surface area is 239 Å². The Kier molecular flexibility index (Phi) is 8.40. The normalized spacial score (nSPS) is 19.0. The predicted molar refractivity (Wildman–Crippen MR) is 146 cm³/mol. The van der Waals surface area contributed by atoms with Gasteiger partial charge in [-0.1, -0.05) is 41.4 Å². The summed E-state index contributed by atoms with van der Waals surface area (Å²) in [6.45, 7) is 1.47. The lowest BCUT2D eigenvalue weighted by atomic mass is 9.82. The molecule has 218 valence electrons. The Hall–Kier alpha value is -3.41. The Morgan fingerprint density at radius 1 is 1.15 bits per heavy atom. The van der Waals surface area contributed by atoms with E-state index in [9.17, 15) is 27.9 Å². The Bertz CT molecular complexity index is 1470. The second-order valence-electron chi connectivity index (χ2n) is 10.6. The number of likely N-dealkylation sites (tertiary alicyclic amines) is 1. The van der Waals surface area contributed by atoms with Crippen LogP contribution in [0.15, 0.2) is 54.2 Å². The van der Waals surface area contributed by atoms with Crippen LogP contribution in [-0.4, -0.2) is 55.9 Å². The number of carboxylic acids is 1. The number of fused-ring (bicyclic) bond motifs is 1. The number of aliphatic carboxylic acids is 1. The maximum Gasteiger partial charge on any atom is 0.416 e. The standard InChI is InChI=1S/C29H30ClF3N4O4/c30-23-11-10-21(22-15-34-37(26(22)23)16-18-4-8-20(9-5-18)29(31,32)33)27(40)35-25(28(41)36-12-1-13-36)19-6-2-17(3-7-19)14-24(38)39/h2,4-5,8-11,15,19,25,27,35,40H,1,3,6-7,12-14,16H2,(H,38,39)/t19?,25-,27?/m1/s1. The van der Waals surface area contributed by atoms with Crippen LogP contribution in [0.4, 0.5) is 13.2 Å². The van der Waals surface area contributed by atoms with E-state index in [1.807, 2.05) is 6.08 Å². The first-order chi connectivity index (χ1) is 19.5. The van der Waals surface area contributed by atoms with Crippen LogP contribution in [0.25, 0.3) is 10.9 Å². The Morgan fingerprint density at radius 2 is 1.88 bits per heavy atom. The molecule has 1 aliphatic carbocycles. The van der Waals surface area contributed by atoms with Crippen LogP contribution in [0.3, 0.4) is 0 Å². The lowest BCUT2D eigenvalue weighted by Gasteiger charge is -2.38. The topological polar surface area (TPSA) is 108 Å². The minimum absolute atomic E-state index is 0.0211. The number of hydrogen-bond donors (Lipinski definition) is 3. The average Bonchev–Trinajstić information content (AvgIpc) is 3.30. The number of nitrogens with zero attached hydrogens (tertiary/aromatic N) is 3. The number of benzene rings is 2. The lowest BCUT2D eigenvalue weighted by molar-refractivity contribution is -0.140. The van der Waals surface area contributed by atoms with Crippen molar-refractivity contribution in [2.45, 2.75) is 57.1 Å². The van der Waals surface area contributed by atoms with Crippen molar-refractivity contribution in [3.8, 4) is 0 Å². The van der Waals surface area contributed by atoms with Crippen LogP contribution in [0.1, 0.15) is 55.0 Å². The number of nitrogens with one attached hydrogen (secondary N) is 1. The number of rotatable bonds is 9. The number of aliphatic hydroxyl groups excluding tert-OH is 1. The molecule has 0 spiro atoms. The molecule has 8 nitrogen and oxygen atoms in total. The number of alkyl halides is 3. The van der Waals surface area contributed by atoms with Gasteiger partial charge >= 0.3 is 12.1 Å².